The van der Waals surface area contributed by atoms with Crippen molar-refractivity contribution in [1.82, 2.24) is 0 Å². The van der Waals surface area contributed by atoms with Crippen LogP contribution in [0.4, 0.5) is 10.1 Å². The van der Waals surface area contributed by atoms with Gasteiger partial charge in [0.2, 0.25) is 0 Å². The van der Waals surface area contributed by atoms with E-state index in [-0.39, 0.29) is 16.6 Å². The number of halogens is 2. The van der Waals surface area contributed by atoms with Crippen molar-refractivity contribution < 1.29 is 24.0 Å². The monoisotopic (exact) mass is 321 g/mol. The number of carbonyl (C=O) groups is 1. The van der Waals surface area contributed by atoms with Gasteiger partial charge in [0.05, 0.1) is 15.8 Å². The third kappa shape index (κ3) is 3.66. The molecule has 0 bridgehead atoms. The molecule has 1 rings (SSSR count). The summed E-state index contributed by atoms with van der Waals surface area (Å²) < 4.78 is 18.3. The summed E-state index contributed by atoms with van der Waals surface area (Å²) >= 11 is 2.83. The van der Waals surface area contributed by atoms with E-state index >= 15 is 0 Å². The summed E-state index contributed by atoms with van der Waals surface area (Å²) in [4.78, 5) is 20.5. The second-order valence-corrected chi connectivity index (χ2v) is 4.37. The fourth-order valence-electron chi connectivity index (χ4n) is 1.26. The first-order chi connectivity index (χ1) is 8.31. The third-order valence-corrected chi connectivity index (χ3v) is 2.60. The van der Waals surface area contributed by atoms with Crippen LogP contribution in [0.25, 0.3) is 0 Å². The molecule has 0 heterocycles. The molecule has 1 atom stereocenters. The molecule has 0 saturated carbocycles. The summed E-state index contributed by atoms with van der Waals surface area (Å²) in [5.74, 6) is -2.13. The zero-order chi connectivity index (χ0) is 13.9. The van der Waals surface area contributed by atoms with Crippen LogP contribution in [0.1, 0.15) is 13.3 Å². The van der Waals surface area contributed by atoms with Crippen molar-refractivity contribution in [1.29, 1.82) is 0 Å². The topological polar surface area (TPSA) is 89.7 Å². The predicted molar refractivity (Wildman–Crippen MR) is 63.1 cm³/mol. The first-order valence-corrected chi connectivity index (χ1v) is 5.62. The molecule has 8 heteroatoms. The maximum atomic E-state index is 13.3. The fourth-order valence-corrected chi connectivity index (χ4v) is 1.59. The molecule has 0 aromatic heterocycles. The van der Waals surface area contributed by atoms with Gasteiger partial charge >= 0.3 is 11.7 Å². The van der Waals surface area contributed by atoms with Gasteiger partial charge in [-0.25, -0.2) is 4.39 Å². The molecule has 6 nitrogen and oxygen atoms in total. The highest BCUT2D eigenvalue weighted by molar-refractivity contribution is 9.10. The molecular formula is C10H9BrFNO5. The van der Waals surface area contributed by atoms with Gasteiger partial charge in [0, 0.05) is 12.1 Å². The van der Waals surface area contributed by atoms with Crippen LogP contribution in [0, 0.1) is 15.9 Å². The van der Waals surface area contributed by atoms with Gasteiger partial charge in [-0.2, -0.15) is 0 Å². The van der Waals surface area contributed by atoms with Crippen molar-refractivity contribution in [2.24, 2.45) is 0 Å². The van der Waals surface area contributed by atoms with Crippen molar-refractivity contribution >= 4 is 27.6 Å². The average molecular weight is 322 g/mol. The Labute approximate surface area is 110 Å². The van der Waals surface area contributed by atoms with E-state index in [2.05, 4.69) is 15.9 Å². The maximum absolute atomic E-state index is 13.3. The highest BCUT2D eigenvalue weighted by Crippen LogP contribution is 2.33. The second-order valence-electron chi connectivity index (χ2n) is 3.52. The number of nitro groups is 1. The summed E-state index contributed by atoms with van der Waals surface area (Å²) in [5.41, 5.74) is -0.430. The Morgan fingerprint density at radius 3 is 2.78 bits per heavy atom. The normalized spacial score (nSPS) is 11.9. The molecule has 98 valence electrons. The molecule has 0 aliphatic carbocycles. The van der Waals surface area contributed by atoms with Gasteiger partial charge < -0.3 is 9.84 Å². The van der Waals surface area contributed by atoms with Crippen LogP contribution in [0.2, 0.25) is 0 Å². The highest BCUT2D eigenvalue weighted by atomic mass is 79.9. The number of nitro benzene ring substituents is 1. The Balaban J connectivity index is 3.03. The van der Waals surface area contributed by atoms with Crippen LogP contribution < -0.4 is 4.74 Å². The Kier molecular flexibility index (Phi) is 4.60. The highest BCUT2D eigenvalue weighted by Gasteiger charge is 2.21. The molecule has 1 aromatic carbocycles. The number of benzene rings is 1. The first-order valence-electron chi connectivity index (χ1n) is 4.83. The van der Waals surface area contributed by atoms with Gasteiger partial charge in [0.15, 0.2) is 5.75 Å². The van der Waals surface area contributed by atoms with Gasteiger partial charge in [-0.15, -0.1) is 0 Å². The SMILES string of the molecule is C[C@H](CC(=O)O)Oc1cc(F)c(Br)cc1[N+](=O)[O-]. The minimum absolute atomic E-state index is 0.0626. The number of hydrogen-bond donors (Lipinski definition) is 1. The smallest absolute Gasteiger partial charge is 0.312 e. The lowest BCUT2D eigenvalue weighted by atomic mass is 10.2. The summed E-state index contributed by atoms with van der Waals surface area (Å²) in [6.07, 6.45) is -1.14. The zero-order valence-electron chi connectivity index (χ0n) is 9.22. The van der Waals surface area contributed by atoms with E-state index in [1.807, 2.05) is 0 Å². The Bertz CT molecular complexity index is 493. The minimum atomic E-state index is -1.11. The standard InChI is InChI=1S/C10H9BrFNO5/c1-5(2-10(14)15)18-9-4-7(12)6(11)3-8(9)13(16)17/h3-5H,2H2,1H3,(H,14,15)/t5-/m1/s1. The first kappa shape index (κ1) is 14.4. The van der Waals surface area contributed by atoms with E-state index in [4.69, 9.17) is 9.84 Å². The van der Waals surface area contributed by atoms with E-state index in [0.29, 0.717) is 0 Å². The molecule has 0 fully saturated rings. The molecule has 1 N–H and O–H groups in total. The lowest BCUT2D eigenvalue weighted by Gasteiger charge is -2.13. The van der Waals surface area contributed by atoms with Gasteiger partial charge in [-0.1, -0.05) is 0 Å². The fraction of sp³-hybridized carbons (Fsp3) is 0.300. The Morgan fingerprint density at radius 2 is 2.28 bits per heavy atom. The van der Waals surface area contributed by atoms with Crippen LogP contribution in [0.5, 0.6) is 5.75 Å². The molecule has 0 radical (unpaired) electrons. The third-order valence-electron chi connectivity index (χ3n) is 1.99. The molecule has 0 aliphatic rings. The number of hydrogen-bond acceptors (Lipinski definition) is 4. The van der Waals surface area contributed by atoms with E-state index in [0.717, 1.165) is 12.1 Å². The van der Waals surface area contributed by atoms with Crippen LogP contribution in [0.3, 0.4) is 0 Å². The quantitative estimate of drug-likeness (QED) is 0.665. The van der Waals surface area contributed by atoms with Crippen molar-refractivity contribution in [3.05, 3.63) is 32.5 Å². The van der Waals surface area contributed by atoms with Crippen LogP contribution >= 0.6 is 15.9 Å². The van der Waals surface area contributed by atoms with Crippen molar-refractivity contribution in [2.75, 3.05) is 0 Å². The number of carboxylic acid groups (broad SMARTS) is 1. The zero-order valence-corrected chi connectivity index (χ0v) is 10.8. The molecule has 0 unspecified atom stereocenters. The van der Waals surface area contributed by atoms with E-state index in [1.165, 1.54) is 6.92 Å². The number of nitrogens with zero attached hydrogens (tertiary/aromatic N) is 1. The van der Waals surface area contributed by atoms with Crippen molar-refractivity contribution in [3.8, 4) is 5.75 Å². The number of ether oxygens (including phenoxy) is 1. The average Bonchev–Trinajstić information content (AvgIpc) is 2.21. The summed E-state index contributed by atoms with van der Waals surface area (Å²) in [7, 11) is 0. The number of carboxylic acids is 1. The largest absolute Gasteiger partial charge is 0.483 e. The number of rotatable bonds is 5. The number of aliphatic carboxylic acids is 1. The van der Waals surface area contributed by atoms with Gasteiger partial charge in [0.25, 0.3) is 0 Å². The van der Waals surface area contributed by atoms with Crippen molar-refractivity contribution in [3.63, 3.8) is 0 Å². The van der Waals surface area contributed by atoms with Gasteiger partial charge in [0.1, 0.15) is 11.9 Å². The molecular weight excluding hydrogens is 313 g/mol. The summed E-state index contributed by atoms with van der Waals surface area (Å²) in [5, 5.41) is 19.3. The molecule has 0 saturated heterocycles. The molecule has 1 aromatic rings. The lowest BCUT2D eigenvalue weighted by molar-refractivity contribution is -0.386. The van der Waals surface area contributed by atoms with Crippen LogP contribution in [-0.2, 0) is 4.79 Å². The molecule has 18 heavy (non-hydrogen) atoms. The molecule has 0 amide bonds. The lowest BCUT2D eigenvalue weighted by Crippen LogP contribution is -2.17. The van der Waals surface area contributed by atoms with E-state index < -0.39 is 28.5 Å². The van der Waals surface area contributed by atoms with Gasteiger partial charge in [-0.3, -0.25) is 14.9 Å². The molecule has 0 aliphatic heterocycles. The maximum Gasteiger partial charge on any atom is 0.312 e. The van der Waals surface area contributed by atoms with E-state index in [9.17, 15) is 19.3 Å². The second kappa shape index (κ2) is 5.76. The van der Waals surface area contributed by atoms with Crippen LogP contribution in [0.15, 0.2) is 16.6 Å². The Morgan fingerprint density at radius 1 is 1.67 bits per heavy atom. The van der Waals surface area contributed by atoms with E-state index in [1.54, 1.807) is 0 Å². The predicted octanol–water partition coefficient (Wildman–Crippen LogP) is 2.74. The Hall–Kier alpha value is -1.70. The van der Waals surface area contributed by atoms with Crippen LogP contribution in [-0.4, -0.2) is 22.1 Å². The minimum Gasteiger partial charge on any atom is -0.483 e. The van der Waals surface area contributed by atoms with Gasteiger partial charge in [-0.05, 0) is 22.9 Å². The molecule has 0 spiro atoms. The summed E-state index contributed by atoms with van der Waals surface area (Å²) in [6.45, 7) is 1.43. The van der Waals surface area contributed by atoms with Crippen molar-refractivity contribution in [2.45, 2.75) is 19.4 Å². The summed E-state index contributed by atoms with van der Waals surface area (Å²) in [6, 6.07) is 1.82.